The number of hydrogen-bond acceptors (Lipinski definition) is 3. The first kappa shape index (κ1) is 17.9. The molecule has 1 aliphatic rings. The van der Waals surface area contributed by atoms with Crippen LogP contribution in [0, 0.1) is 5.41 Å². The average Bonchev–Trinajstić information content (AvgIpc) is 2.73. The second kappa shape index (κ2) is 7.01. The molecule has 1 aromatic rings. The lowest BCUT2D eigenvalue weighted by Crippen LogP contribution is -2.38. The number of rotatable bonds is 3. The van der Waals surface area contributed by atoms with Crippen molar-refractivity contribution < 1.29 is 13.2 Å². The number of sulfonamides is 1. The largest absolute Gasteiger partial charge is 0.341 e. The van der Waals surface area contributed by atoms with Gasteiger partial charge in [-0.1, -0.05) is 39.0 Å². The van der Waals surface area contributed by atoms with Gasteiger partial charge in [-0.15, -0.1) is 0 Å². The van der Waals surface area contributed by atoms with E-state index in [4.69, 9.17) is 0 Å². The van der Waals surface area contributed by atoms with Crippen molar-refractivity contribution in [2.45, 2.75) is 38.5 Å². The lowest BCUT2D eigenvalue weighted by Gasteiger charge is -2.25. The minimum Gasteiger partial charge on any atom is -0.341 e. The molecule has 0 unspecified atom stereocenters. The highest BCUT2D eigenvalue weighted by Gasteiger charge is 2.29. The molecule has 0 atom stereocenters. The maximum absolute atomic E-state index is 12.7. The SMILES string of the molecule is CC(C)(C)CC(=O)N1CCCN(S(=O)(=O)c2ccccc2)CC1. The molecule has 23 heavy (non-hydrogen) atoms. The first-order valence-corrected chi connectivity index (χ1v) is 9.47. The predicted octanol–water partition coefficient (Wildman–Crippen LogP) is 2.35. The minimum absolute atomic E-state index is 0.0564. The molecule has 0 bridgehead atoms. The molecule has 128 valence electrons. The van der Waals surface area contributed by atoms with Gasteiger partial charge in [0.2, 0.25) is 15.9 Å². The summed E-state index contributed by atoms with van der Waals surface area (Å²) in [7, 11) is -3.47. The molecule has 0 spiro atoms. The summed E-state index contributed by atoms with van der Waals surface area (Å²) < 4.78 is 26.8. The van der Waals surface area contributed by atoms with Gasteiger partial charge in [0.15, 0.2) is 0 Å². The fourth-order valence-corrected chi connectivity index (χ4v) is 4.18. The van der Waals surface area contributed by atoms with Gasteiger partial charge in [0.1, 0.15) is 0 Å². The second-order valence-electron chi connectivity index (χ2n) is 7.19. The molecule has 1 saturated heterocycles. The van der Waals surface area contributed by atoms with E-state index < -0.39 is 10.0 Å². The van der Waals surface area contributed by atoms with Gasteiger partial charge >= 0.3 is 0 Å². The third-order valence-corrected chi connectivity index (χ3v) is 5.78. The number of benzene rings is 1. The molecule has 0 aromatic heterocycles. The standard InChI is InChI=1S/C17H26N2O3S/c1-17(2,3)14-16(20)18-10-7-11-19(13-12-18)23(21,22)15-8-5-4-6-9-15/h4-6,8-9H,7,10-14H2,1-3H3. The Labute approximate surface area is 139 Å². The van der Waals surface area contributed by atoms with Crippen molar-refractivity contribution in [2.24, 2.45) is 5.41 Å². The van der Waals surface area contributed by atoms with Crippen LogP contribution < -0.4 is 0 Å². The number of carbonyl (C=O) groups excluding carboxylic acids is 1. The Hall–Kier alpha value is -1.40. The molecule has 2 rings (SSSR count). The van der Waals surface area contributed by atoms with E-state index >= 15 is 0 Å². The van der Waals surface area contributed by atoms with Gasteiger partial charge in [-0.25, -0.2) is 8.42 Å². The summed E-state index contributed by atoms with van der Waals surface area (Å²) in [6.07, 6.45) is 1.15. The van der Waals surface area contributed by atoms with E-state index in [1.54, 1.807) is 35.2 Å². The van der Waals surface area contributed by atoms with Crippen molar-refractivity contribution in [1.82, 2.24) is 9.21 Å². The Balaban J connectivity index is 2.06. The maximum atomic E-state index is 12.7. The van der Waals surface area contributed by atoms with Crippen LogP contribution in [0.25, 0.3) is 0 Å². The van der Waals surface area contributed by atoms with Crippen molar-refractivity contribution in [3.8, 4) is 0 Å². The van der Waals surface area contributed by atoms with Gasteiger partial charge in [-0.3, -0.25) is 4.79 Å². The predicted molar refractivity (Wildman–Crippen MR) is 90.5 cm³/mol. The van der Waals surface area contributed by atoms with Gasteiger partial charge in [-0.2, -0.15) is 4.31 Å². The van der Waals surface area contributed by atoms with Crippen molar-refractivity contribution in [3.05, 3.63) is 30.3 Å². The molecule has 1 amide bonds. The third kappa shape index (κ3) is 4.78. The van der Waals surface area contributed by atoms with Gasteiger partial charge in [0.05, 0.1) is 4.90 Å². The zero-order valence-electron chi connectivity index (χ0n) is 14.2. The highest BCUT2D eigenvalue weighted by atomic mass is 32.2. The van der Waals surface area contributed by atoms with Crippen LogP contribution in [0.15, 0.2) is 35.2 Å². The van der Waals surface area contributed by atoms with Gasteiger partial charge in [-0.05, 0) is 24.0 Å². The van der Waals surface area contributed by atoms with E-state index in [9.17, 15) is 13.2 Å². The van der Waals surface area contributed by atoms with E-state index in [1.807, 2.05) is 20.8 Å². The van der Waals surface area contributed by atoms with Crippen LogP contribution in [-0.4, -0.2) is 49.7 Å². The minimum atomic E-state index is -3.47. The van der Waals surface area contributed by atoms with Crippen LogP contribution in [0.5, 0.6) is 0 Å². The van der Waals surface area contributed by atoms with Gasteiger partial charge in [0.25, 0.3) is 0 Å². The molecular formula is C17H26N2O3S. The smallest absolute Gasteiger partial charge is 0.243 e. The molecule has 1 aromatic carbocycles. The monoisotopic (exact) mass is 338 g/mol. The third-order valence-electron chi connectivity index (χ3n) is 3.87. The molecule has 0 N–H and O–H groups in total. The normalized spacial score (nSPS) is 17.8. The van der Waals surface area contributed by atoms with Crippen LogP contribution in [-0.2, 0) is 14.8 Å². The Morgan fingerprint density at radius 2 is 1.70 bits per heavy atom. The quantitative estimate of drug-likeness (QED) is 0.850. The van der Waals surface area contributed by atoms with E-state index in [-0.39, 0.29) is 11.3 Å². The fourth-order valence-electron chi connectivity index (χ4n) is 2.69. The number of nitrogens with zero attached hydrogens (tertiary/aromatic N) is 2. The summed E-state index contributed by atoms with van der Waals surface area (Å²) in [6, 6.07) is 8.48. The highest BCUT2D eigenvalue weighted by molar-refractivity contribution is 7.89. The molecular weight excluding hydrogens is 312 g/mol. The van der Waals surface area contributed by atoms with E-state index in [0.717, 1.165) is 0 Å². The zero-order chi connectivity index (χ0) is 17.1. The maximum Gasteiger partial charge on any atom is 0.243 e. The Morgan fingerprint density at radius 1 is 1.04 bits per heavy atom. The summed E-state index contributed by atoms with van der Waals surface area (Å²) >= 11 is 0. The van der Waals surface area contributed by atoms with Crippen molar-refractivity contribution in [3.63, 3.8) is 0 Å². The average molecular weight is 338 g/mol. The first-order chi connectivity index (χ1) is 10.7. The summed E-state index contributed by atoms with van der Waals surface area (Å²) in [4.78, 5) is 14.5. The van der Waals surface area contributed by atoms with E-state index in [1.165, 1.54) is 4.31 Å². The molecule has 6 heteroatoms. The van der Waals surface area contributed by atoms with Gasteiger partial charge in [0, 0.05) is 32.6 Å². The summed E-state index contributed by atoms with van der Waals surface area (Å²) in [5.41, 5.74) is -0.0564. The molecule has 0 saturated carbocycles. The Morgan fingerprint density at radius 3 is 2.30 bits per heavy atom. The lowest BCUT2D eigenvalue weighted by atomic mass is 9.91. The van der Waals surface area contributed by atoms with Crippen LogP contribution in [0.1, 0.15) is 33.6 Å². The van der Waals surface area contributed by atoms with Crippen LogP contribution in [0.3, 0.4) is 0 Å². The van der Waals surface area contributed by atoms with Crippen molar-refractivity contribution >= 4 is 15.9 Å². The van der Waals surface area contributed by atoms with Crippen LogP contribution >= 0.6 is 0 Å². The summed E-state index contributed by atoms with van der Waals surface area (Å²) in [5.74, 6) is 0.108. The molecule has 1 fully saturated rings. The Kier molecular flexibility index (Phi) is 5.47. The van der Waals surface area contributed by atoms with Crippen LogP contribution in [0.4, 0.5) is 0 Å². The fraction of sp³-hybridized carbons (Fsp3) is 0.588. The second-order valence-corrected chi connectivity index (χ2v) is 9.13. The van der Waals surface area contributed by atoms with Crippen molar-refractivity contribution in [1.29, 1.82) is 0 Å². The van der Waals surface area contributed by atoms with E-state index in [2.05, 4.69) is 0 Å². The number of carbonyl (C=O) groups is 1. The summed E-state index contributed by atoms with van der Waals surface area (Å²) in [6.45, 7) is 8.00. The number of hydrogen-bond donors (Lipinski definition) is 0. The Bertz CT molecular complexity index is 636. The zero-order valence-corrected chi connectivity index (χ0v) is 15.0. The lowest BCUT2D eigenvalue weighted by molar-refractivity contribution is -0.132. The van der Waals surface area contributed by atoms with E-state index in [0.29, 0.717) is 43.9 Å². The topological polar surface area (TPSA) is 57.7 Å². The van der Waals surface area contributed by atoms with Gasteiger partial charge < -0.3 is 4.90 Å². The van der Waals surface area contributed by atoms with Crippen molar-refractivity contribution in [2.75, 3.05) is 26.2 Å². The first-order valence-electron chi connectivity index (χ1n) is 8.03. The van der Waals surface area contributed by atoms with Crippen LogP contribution in [0.2, 0.25) is 0 Å². The highest BCUT2D eigenvalue weighted by Crippen LogP contribution is 2.22. The summed E-state index contributed by atoms with van der Waals surface area (Å²) in [5, 5.41) is 0. The molecule has 1 heterocycles. The molecule has 5 nitrogen and oxygen atoms in total. The molecule has 0 aliphatic carbocycles. The number of amides is 1. The molecule has 0 radical (unpaired) electrons. The molecule has 1 aliphatic heterocycles.